The van der Waals surface area contributed by atoms with Crippen molar-refractivity contribution in [2.24, 2.45) is 0 Å². The molecule has 0 spiro atoms. The summed E-state index contributed by atoms with van der Waals surface area (Å²) >= 11 is 0. The summed E-state index contributed by atoms with van der Waals surface area (Å²) in [6, 6.07) is 14.5. The molecule has 132 valence electrons. The summed E-state index contributed by atoms with van der Waals surface area (Å²) in [4.78, 5) is 24.4. The Hall–Kier alpha value is -2.66. The molecular weight excluding hydrogens is 318 g/mol. The van der Waals surface area contributed by atoms with Gasteiger partial charge in [-0.2, -0.15) is 0 Å². The van der Waals surface area contributed by atoms with Crippen LogP contribution >= 0.6 is 0 Å². The summed E-state index contributed by atoms with van der Waals surface area (Å²) in [5, 5.41) is 2.75. The number of aryl methyl sites for hydroxylation is 1. The van der Waals surface area contributed by atoms with Crippen molar-refractivity contribution in [2.45, 2.75) is 33.0 Å². The van der Waals surface area contributed by atoms with Gasteiger partial charge in [0.25, 0.3) is 5.91 Å². The third-order valence-electron chi connectivity index (χ3n) is 3.76. The highest BCUT2D eigenvalue weighted by atomic mass is 16.5. The zero-order valence-electron chi connectivity index (χ0n) is 14.7. The Morgan fingerprint density at radius 3 is 2.44 bits per heavy atom. The molecule has 0 bridgehead atoms. The third kappa shape index (κ3) is 5.43. The van der Waals surface area contributed by atoms with Crippen LogP contribution in [0.5, 0.6) is 0 Å². The van der Waals surface area contributed by atoms with Crippen molar-refractivity contribution in [1.82, 2.24) is 0 Å². The first-order valence-corrected chi connectivity index (χ1v) is 8.22. The van der Waals surface area contributed by atoms with E-state index in [0.29, 0.717) is 17.9 Å². The van der Waals surface area contributed by atoms with Gasteiger partial charge >= 0.3 is 5.97 Å². The van der Waals surface area contributed by atoms with Gasteiger partial charge in [-0.1, -0.05) is 31.2 Å². The van der Waals surface area contributed by atoms with Crippen molar-refractivity contribution in [2.75, 3.05) is 12.4 Å². The molecule has 0 aliphatic heterocycles. The Morgan fingerprint density at radius 1 is 1.08 bits per heavy atom. The lowest BCUT2D eigenvalue weighted by atomic mass is 10.1. The van der Waals surface area contributed by atoms with E-state index in [2.05, 4.69) is 12.2 Å². The lowest BCUT2D eigenvalue weighted by molar-refractivity contribution is -0.123. The van der Waals surface area contributed by atoms with Crippen LogP contribution in [0.25, 0.3) is 0 Å². The molecular formula is C20H23NO4. The SMILES string of the molecule is CCc1ccc(NC(=O)[C@H](C)OC(=O)c2cccc(COC)c2)cc1. The van der Waals surface area contributed by atoms with Gasteiger partial charge in [-0.05, 0) is 48.7 Å². The predicted molar refractivity (Wildman–Crippen MR) is 96.5 cm³/mol. The monoisotopic (exact) mass is 341 g/mol. The zero-order chi connectivity index (χ0) is 18.2. The number of hydrogen-bond donors (Lipinski definition) is 1. The molecule has 0 aliphatic rings. The number of methoxy groups -OCH3 is 1. The number of hydrogen-bond acceptors (Lipinski definition) is 4. The molecule has 0 saturated carbocycles. The Morgan fingerprint density at radius 2 is 1.80 bits per heavy atom. The summed E-state index contributed by atoms with van der Waals surface area (Å²) in [6.45, 7) is 4.02. The number of rotatable bonds is 7. The number of nitrogens with one attached hydrogen (secondary N) is 1. The second kappa shape index (κ2) is 8.99. The van der Waals surface area contributed by atoms with Crippen molar-refractivity contribution in [3.8, 4) is 0 Å². The number of carbonyl (C=O) groups is 2. The highest BCUT2D eigenvalue weighted by molar-refractivity contribution is 5.97. The first kappa shape index (κ1) is 18.7. The van der Waals surface area contributed by atoms with E-state index < -0.39 is 12.1 Å². The highest BCUT2D eigenvalue weighted by Crippen LogP contribution is 2.12. The molecule has 0 unspecified atom stereocenters. The number of amides is 1. The summed E-state index contributed by atoms with van der Waals surface area (Å²) in [5.41, 5.74) is 3.12. The van der Waals surface area contributed by atoms with Gasteiger partial charge in [0.1, 0.15) is 0 Å². The van der Waals surface area contributed by atoms with Gasteiger partial charge < -0.3 is 14.8 Å². The van der Waals surface area contributed by atoms with Gasteiger partial charge in [0.05, 0.1) is 12.2 Å². The molecule has 2 aromatic rings. The Balaban J connectivity index is 1.95. The molecule has 2 rings (SSSR count). The maximum absolute atomic E-state index is 12.2. The quantitative estimate of drug-likeness (QED) is 0.782. The fraction of sp³-hybridized carbons (Fsp3) is 0.300. The first-order chi connectivity index (χ1) is 12.0. The predicted octanol–water partition coefficient (Wildman–Crippen LogP) is 3.58. The number of ether oxygens (including phenoxy) is 2. The van der Waals surface area contributed by atoms with Gasteiger partial charge in [0.2, 0.25) is 0 Å². The van der Waals surface area contributed by atoms with Crippen LogP contribution in [0.2, 0.25) is 0 Å². The maximum Gasteiger partial charge on any atom is 0.338 e. The van der Waals surface area contributed by atoms with Crippen LogP contribution in [-0.4, -0.2) is 25.1 Å². The molecule has 2 aromatic carbocycles. The van der Waals surface area contributed by atoms with Crippen molar-refractivity contribution >= 4 is 17.6 Å². The van der Waals surface area contributed by atoms with Crippen molar-refractivity contribution in [1.29, 1.82) is 0 Å². The highest BCUT2D eigenvalue weighted by Gasteiger charge is 2.19. The van der Waals surface area contributed by atoms with Crippen molar-refractivity contribution < 1.29 is 19.1 Å². The van der Waals surface area contributed by atoms with Gasteiger partial charge in [0.15, 0.2) is 6.10 Å². The van der Waals surface area contributed by atoms with Crippen LogP contribution in [0, 0.1) is 0 Å². The molecule has 1 N–H and O–H groups in total. The van der Waals surface area contributed by atoms with Gasteiger partial charge in [-0.15, -0.1) is 0 Å². The summed E-state index contributed by atoms with van der Waals surface area (Å²) in [7, 11) is 1.59. The minimum absolute atomic E-state index is 0.370. The maximum atomic E-state index is 12.2. The van der Waals surface area contributed by atoms with Crippen LogP contribution in [-0.2, 0) is 27.3 Å². The third-order valence-corrected chi connectivity index (χ3v) is 3.76. The number of esters is 1. The van der Waals surface area contributed by atoms with Crippen LogP contribution in [0.15, 0.2) is 48.5 Å². The van der Waals surface area contributed by atoms with E-state index in [4.69, 9.17) is 9.47 Å². The topological polar surface area (TPSA) is 64.6 Å². The molecule has 25 heavy (non-hydrogen) atoms. The largest absolute Gasteiger partial charge is 0.449 e. The lowest BCUT2D eigenvalue weighted by Gasteiger charge is -2.14. The molecule has 5 nitrogen and oxygen atoms in total. The minimum Gasteiger partial charge on any atom is -0.449 e. The Kier molecular flexibility index (Phi) is 6.71. The van der Waals surface area contributed by atoms with Gasteiger partial charge in [0, 0.05) is 12.8 Å². The summed E-state index contributed by atoms with van der Waals surface area (Å²) in [6.07, 6.45) is 0.0362. The molecule has 0 heterocycles. The average Bonchev–Trinajstić information content (AvgIpc) is 2.62. The van der Waals surface area contributed by atoms with E-state index in [1.54, 1.807) is 32.2 Å². The Bertz CT molecular complexity index is 725. The van der Waals surface area contributed by atoms with Crippen molar-refractivity contribution in [3.05, 3.63) is 65.2 Å². The fourth-order valence-corrected chi connectivity index (χ4v) is 2.30. The zero-order valence-corrected chi connectivity index (χ0v) is 14.7. The smallest absolute Gasteiger partial charge is 0.338 e. The van der Waals surface area contributed by atoms with E-state index in [0.717, 1.165) is 12.0 Å². The van der Waals surface area contributed by atoms with Crippen molar-refractivity contribution in [3.63, 3.8) is 0 Å². The molecule has 0 aromatic heterocycles. The lowest BCUT2D eigenvalue weighted by Crippen LogP contribution is -2.30. The molecule has 1 amide bonds. The van der Waals surface area contributed by atoms with E-state index in [9.17, 15) is 9.59 Å². The molecule has 0 saturated heterocycles. The number of benzene rings is 2. The standard InChI is InChI=1S/C20H23NO4/c1-4-15-8-10-18(11-9-15)21-19(22)14(2)25-20(23)17-7-5-6-16(12-17)13-24-3/h5-12,14H,4,13H2,1-3H3,(H,21,22)/t14-/m0/s1. The normalized spacial score (nSPS) is 11.6. The number of carbonyl (C=O) groups excluding carboxylic acids is 2. The van der Waals surface area contributed by atoms with E-state index in [1.807, 2.05) is 30.3 Å². The second-order valence-corrected chi connectivity index (χ2v) is 5.72. The molecule has 1 atom stereocenters. The van der Waals surface area contributed by atoms with E-state index in [-0.39, 0.29) is 5.91 Å². The number of anilines is 1. The molecule has 0 radical (unpaired) electrons. The van der Waals surface area contributed by atoms with Gasteiger partial charge in [-0.3, -0.25) is 4.79 Å². The minimum atomic E-state index is -0.899. The fourth-order valence-electron chi connectivity index (χ4n) is 2.30. The van der Waals surface area contributed by atoms with E-state index >= 15 is 0 Å². The van der Waals surface area contributed by atoms with Gasteiger partial charge in [-0.25, -0.2) is 4.79 Å². The summed E-state index contributed by atoms with van der Waals surface area (Å²) < 4.78 is 10.3. The van der Waals surface area contributed by atoms with Crippen LogP contribution in [0.1, 0.15) is 35.3 Å². The Labute approximate surface area is 148 Å². The first-order valence-electron chi connectivity index (χ1n) is 8.22. The molecule has 0 aliphatic carbocycles. The second-order valence-electron chi connectivity index (χ2n) is 5.72. The molecule has 5 heteroatoms. The summed E-state index contributed by atoms with van der Waals surface area (Å²) in [5.74, 6) is -0.910. The van der Waals surface area contributed by atoms with Crippen LogP contribution in [0.3, 0.4) is 0 Å². The van der Waals surface area contributed by atoms with Crippen LogP contribution in [0.4, 0.5) is 5.69 Å². The molecule has 0 fully saturated rings. The van der Waals surface area contributed by atoms with Crippen LogP contribution < -0.4 is 5.32 Å². The van der Waals surface area contributed by atoms with E-state index in [1.165, 1.54) is 5.56 Å². The average molecular weight is 341 g/mol.